The van der Waals surface area contributed by atoms with E-state index in [0.29, 0.717) is 0 Å². The third-order valence-corrected chi connectivity index (χ3v) is 9.46. The average Bonchev–Trinajstić information content (AvgIpc) is 2.21. The summed E-state index contributed by atoms with van der Waals surface area (Å²) >= 11 is 1.95. The second-order valence-electron chi connectivity index (χ2n) is 3.07. The third-order valence-electron chi connectivity index (χ3n) is 1.75. The monoisotopic (exact) mass is 326 g/mol. The molecule has 0 aliphatic rings. The van der Waals surface area contributed by atoms with Gasteiger partial charge in [0.05, 0.1) is 0 Å². The fraction of sp³-hybridized carbons (Fsp3) is 0.667. The van der Waals surface area contributed by atoms with E-state index in [1.54, 1.807) is 0 Å². The van der Waals surface area contributed by atoms with E-state index in [1.807, 2.05) is 0 Å². The second-order valence-corrected chi connectivity index (χ2v) is 10.9. The number of allylic oxidation sites excluding steroid dienone is 4. The number of hydrogen-bond acceptors (Lipinski definition) is 0. The Bertz CT molecular complexity index is 132. The van der Waals surface area contributed by atoms with Crippen molar-refractivity contribution in [2.24, 2.45) is 0 Å². The van der Waals surface area contributed by atoms with Gasteiger partial charge in [0.2, 0.25) is 0 Å². The Morgan fingerprint density at radius 2 is 1.21 bits per heavy atom. The van der Waals surface area contributed by atoms with Crippen molar-refractivity contribution < 1.29 is 0 Å². The summed E-state index contributed by atoms with van der Waals surface area (Å²) in [5, 5.41) is 3.00. The van der Waals surface area contributed by atoms with Gasteiger partial charge in [0, 0.05) is 0 Å². The van der Waals surface area contributed by atoms with Crippen molar-refractivity contribution in [1.82, 2.24) is 0 Å². The van der Waals surface area contributed by atoms with E-state index in [0.717, 1.165) is 26.3 Å². The molecule has 0 unspecified atom stereocenters. The van der Waals surface area contributed by atoms with Gasteiger partial charge in [-0.3, -0.25) is 0 Å². The molecule has 0 saturated carbocycles. The maximum absolute atomic E-state index is 2.29. The summed E-state index contributed by atoms with van der Waals surface area (Å²) in [7, 11) is 0. The summed E-state index contributed by atoms with van der Waals surface area (Å²) in [5.41, 5.74) is 0. The van der Waals surface area contributed by atoms with E-state index in [4.69, 9.17) is 0 Å². The normalized spacial score (nSPS) is 11.9. The molecule has 0 aliphatic carbocycles. The minimum atomic E-state index is 0.977. The molecule has 0 rings (SSSR count). The van der Waals surface area contributed by atoms with Crippen molar-refractivity contribution in [3.8, 4) is 0 Å². The van der Waals surface area contributed by atoms with Gasteiger partial charge in [-0.1, -0.05) is 0 Å². The molecule has 0 aliphatic heterocycles. The van der Waals surface area contributed by atoms with Gasteiger partial charge in [-0.15, -0.1) is 0 Å². The molecule has 82 valence electrons. The Kier molecular flexibility index (Phi) is 14.0. The molecule has 0 amide bonds. The minimum absolute atomic E-state index is 0.977. The molecule has 0 aromatic heterocycles. The molecule has 0 aromatic carbocycles. The van der Waals surface area contributed by atoms with E-state index in [-0.39, 0.29) is 0 Å². The summed E-state index contributed by atoms with van der Waals surface area (Å²) in [5.74, 6) is 0. The zero-order valence-corrected chi connectivity index (χ0v) is 12.8. The van der Waals surface area contributed by atoms with Gasteiger partial charge in [0.15, 0.2) is 0 Å². The topological polar surface area (TPSA) is 0 Å². The molecular formula is C12H22Se2. The van der Waals surface area contributed by atoms with Crippen molar-refractivity contribution >= 4 is 26.3 Å². The summed E-state index contributed by atoms with van der Waals surface area (Å²) in [6.07, 6.45) is 14.3. The van der Waals surface area contributed by atoms with Crippen LogP contribution in [-0.4, -0.2) is 26.3 Å². The average molecular weight is 324 g/mol. The van der Waals surface area contributed by atoms with Crippen molar-refractivity contribution in [1.29, 1.82) is 0 Å². The number of rotatable bonds is 9. The van der Waals surface area contributed by atoms with Crippen LogP contribution in [0.5, 0.6) is 0 Å². The van der Waals surface area contributed by atoms with Crippen LogP contribution in [-0.2, 0) is 0 Å². The predicted molar refractivity (Wildman–Crippen MR) is 69.2 cm³/mol. The van der Waals surface area contributed by atoms with Gasteiger partial charge in [0.1, 0.15) is 0 Å². The first kappa shape index (κ1) is 14.5. The van der Waals surface area contributed by atoms with Gasteiger partial charge in [-0.25, -0.2) is 0 Å². The molecule has 2 heteroatoms. The van der Waals surface area contributed by atoms with Crippen LogP contribution in [0.1, 0.15) is 39.5 Å². The first-order chi connectivity index (χ1) is 6.91. The van der Waals surface area contributed by atoms with E-state index in [1.165, 1.54) is 36.3 Å². The summed E-state index contributed by atoms with van der Waals surface area (Å²) in [6, 6.07) is 0. The van der Waals surface area contributed by atoms with E-state index < -0.39 is 0 Å². The van der Waals surface area contributed by atoms with Crippen molar-refractivity contribution in [2.45, 2.75) is 50.2 Å². The Morgan fingerprint density at radius 1 is 0.786 bits per heavy atom. The Morgan fingerprint density at radius 3 is 1.57 bits per heavy atom. The summed E-state index contributed by atoms with van der Waals surface area (Å²) in [4.78, 5) is 0. The molecular weight excluding hydrogens is 302 g/mol. The van der Waals surface area contributed by atoms with Crippen LogP contribution in [0.4, 0.5) is 0 Å². The molecule has 0 radical (unpaired) electrons. The number of hydrogen-bond donors (Lipinski definition) is 0. The van der Waals surface area contributed by atoms with Gasteiger partial charge in [-0.05, 0) is 0 Å². The molecule has 0 aromatic rings. The summed E-state index contributed by atoms with van der Waals surface area (Å²) < 4.78 is 0. The van der Waals surface area contributed by atoms with Crippen LogP contribution in [0.3, 0.4) is 0 Å². The molecule has 0 spiro atoms. The predicted octanol–water partition coefficient (Wildman–Crippen LogP) is 3.86. The van der Waals surface area contributed by atoms with Crippen LogP contribution in [0.2, 0.25) is 10.6 Å². The third kappa shape index (κ3) is 12.5. The maximum atomic E-state index is 2.29. The van der Waals surface area contributed by atoms with E-state index in [2.05, 4.69) is 38.2 Å². The zero-order valence-electron chi connectivity index (χ0n) is 9.37. The quantitative estimate of drug-likeness (QED) is 0.343. The van der Waals surface area contributed by atoms with Crippen LogP contribution in [0.25, 0.3) is 0 Å². The first-order valence-electron chi connectivity index (χ1n) is 5.38. The molecule has 0 N–H and O–H groups in total. The van der Waals surface area contributed by atoms with Crippen molar-refractivity contribution in [2.75, 3.05) is 0 Å². The van der Waals surface area contributed by atoms with Gasteiger partial charge in [0.25, 0.3) is 0 Å². The van der Waals surface area contributed by atoms with E-state index in [9.17, 15) is 0 Å². The van der Waals surface area contributed by atoms with Crippen LogP contribution in [0, 0.1) is 0 Å². The summed E-state index contributed by atoms with van der Waals surface area (Å²) in [6.45, 7) is 4.21. The van der Waals surface area contributed by atoms with Gasteiger partial charge < -0.3 is 0 Å². The molecule has 14 heavy (non-hydrogen) atoms. The molecule has 0 fully saturated rings. The molecule has 0 heterocycles. The molecule has 0 atom stereocenters. The first-order valence-corrected chi connectivity index (χ1v) is 12.1. The van der Waals surface area contributed by atoms with Gasteiger partial charge in [-0.2, -0.15) is 0 Å². The van der Waals surface area contributed by atoms with Gasteiger partial charge >= 0.3 is 101 Å². The zero-order chi connectivity index (χ0) is 10.5. The van der Waals surface area contributed by atoms with Crippen molar-refractivity contribution in [3.63, 3.8) is 0 Å². The molecule has 0 nitrogen and oxygen atoms in total. The fourth-order valence-corrected chi connectivity index (χ4v) is 7.80. The Labute approximate surface area is 100 Å². The second kappa shape index (κ2) is 13.5. The SMILES string of the molecule is C/C=C\CCC[Se][Se]CCC/C=C\C. The van der Waals surface area contributed by atoms with Crippen LogP contribution in [0.15, 0.2) is 24.3 Å². The van der Waals surface area contributed by atoms with Crippen molar-refractivity contribution in [3.05, 3.63) is 24.3 Å². The standard InChI is InChI=1S/C12H22Se2/c1-3-5-7-9-11-13-14-12-10-8-6-4-2/h3-6H,7-12H2,1-2H3/b5-3-,6-4-. The number of unbranched alkanes of at least 4 members (excludes halogenated alkanes) is 2. The van der Waals surface area contributed by atoms with E-state index >= 15 is 0 Å². The molecule has 0 saturated heterocycles. The van der Waals surface area contributed by atoms with Crippen LogP contribution >= 0.6 is 0 Å². The fourth-order valence-electron chi connectivity index (χ4n) is 0.971. The Balaban J connectivity index is 2.92. The van der Waals surface area contributed by atoms with Crippen LogP contribution < -0.4 is 0 Å². The molecule has 0 bridgehead atoms. The Hall–Kier alpha value is 0.519.